The maximum atomic E-state index is 12.9. The number of carbonyl (C=O) groups excluding carboxylic acids is 4. The number of rotatable bonds is 15. The Bertz CT molecular complexity index is 2110. The van der Waals surface area contributed by atoms with E-state index in [0.717, 1.165) is 10.8 Å². The summed E-state index contributed by atoms with van der Waals surface area (Å²) < 4.78 is 0. The summed E-state index contributed by atoms with van der Waals surface area (Å²) in [7, 11) is 0. The Hall–Kier alpha value is -6.14. The van der Waals surface area contributed by atoms with Gasteiger partial charge >= 0.3 is 0 Å². The van der Waals surface area contributed by atoms with Gasteiger partial charge in [0.2, 0.25) is 0 Å². The molecule has 0 fully saturated rings. The number of aromatic nitrogens is 4. The van der Waals surface area contributed by atoms with Gasteiger partial charge in [-0.15, -0.1) is 0 Å². The molecule has 2 heterocycles. The maximum Gasteiger partial charge on any atom is 0.280 e. The van der Waals surface area contributed by atoms with E-state index >= 15 is 0 Å². The van der Waals surface area contributed by atoms with Crippen molar-refractivity contribution in [1.29, 1.82) is 0 Å². The number of anilines is 4. The zero-order chi connectivity index (χ0) is 38.7. The molecule has 53 heavy (non-hydrogen) atoms. The Labute approximate surface area is 313 Å². The van der Waals surface area contributed by atoms with Gasteiger partial charge in [0.15, 0.2) is 68.5 Å². The van der Waals surface area contributed by atoms with Crippen LogP contribution in [-0.4, -0.2) is 68.3 Å². The summed E-state index contributed by atoms with van der Waals surface area (Å²) in [6, 6.07) is 10.8. The summed E-state index contributed by atoms with van der Waals surface area (Å²) in [5, 5.41) is 6.09. The molecule has 4 rings (SSSR count). The number of Topliss-reactive ketones (excluding diaryl/α,β-unsaturated/α-hetero) is 2. The highest BCUT2D eigenvalue weighted by molar-refractivity contribution is 6.32. The monoisotopic (exact) mass is 764 g/mol. The molecule has 278 valence electrons. The molecule has 20 heteroatoms. The third kappa shape index (κ3) is 11.2. The number of fused-ring (bicyclic) bond motifs is 1. The molecule has 0 bridgehead atoms. The molecule has 0 aliphatic carbocycles. The number of amides is 2. The van der Waals surface area contributed by atoms with Gasteiger partial charge in [-0.3, -0.25) is 39.8 Å². The summed E-state index contributed by atoms with van der Waals surface area (Å²) in [4.78, 5) is 73.7. The SMILES string of the molecule is NC(=NCCCCCC(=O)c1ccc2cc(C(=O)CCCCN=C(N)NC(=O)c3nc(Cl)c(N)nc3N)ccc2c1)NC(=O)c1nc(Cl)c(N)nc1N. The predicted octanol–water partition coefficient (Wildman–Crippen LogP) is 2.64. The molecule has 2 amide bonds. The first-order valence-electron chi connectivity index (χ1n) is 16.2. The average molecular weight is 766 g/mol. The fraction of sp³-hybridized carbons (Fsp3) is 0.273. The van der Waals surface area contributed by atoms with Gasteiger partial charge in [0.05, 0.1) is 0 Å². The number of carbonyl (C=O) groups is 4. The lowest BCUT2D eigenvalue weighted by Crippen LogP contribution is -2.38. The van der Waals surface area contributed by atoms with E-state index in [2.05, 4.69) is 40.6 Å². The zero-order valence-electron chi connectivity index (χ0n) is 28.4. The van der Waals surface area contributed by atoms with Crippen LogP contribution in [0, 0.1) is 0 Å². The van der Waals surface area contributed by atoms with Crippen molar-refractivity contribution in [2.75, 3.05) is 36.0 Å². The topological polar surface area (TPSA) is 325 Å². The Kier molecular flexibility index (Phi) is 13.7. The first-order chi connectivity index (χ1) is 25.2. The van der Waals surface area contributed by atoms with Crippen LogP contribution in [0.1, 0.15) is 86.6 Å². The number of hydrogen-bond donors (Lipinski definition) is 8. The summed E-state index contributed by atoms with van der Waals surface area (Å²) >= 11 is 11.6. The van der Waals surface area contributed by atoms with Crippen LogP contribution in [0.15, 0.2) is 46.4 Å². The number of halogens is 2. The van der Waals surface area contributed by atoms with Crippen LogP contribution in [-0.2, 0) is 0 Å². The van der Waals surface area contributed by atoms with Gasteiger partial charge in [-0.1, -0.05) is 53.9 Å². The molecule has 0 aliphatic heterocycles. The van der Waals surface area contributed by atoms with Crippen molar-refractivity contribution in [1.82, 2.24) is 30.6 Å². The lowest BCUT2D eigenvalue weighted by Gasteiger charge is -2.07. The predicted molar refractivity (Wildman–Crippen MR) is 205 cm³/mol. The van der Waals surface area contributed by atoms with Gasteiger partial charge in [0.1, 0.15) is 0 Å². The molecule has 0 spiro atoms. The van der Waals surface area contributed by atoms with Crippen molar-refractivity contribution in [3.63, 3.8) is 0 Å². The highest BCUT2D eigenvalue weighted by atomic mass is 35.5. The van der Waals surface area contributed by atoms with Crippen LogP contribution >= 0.6 is 23.2 Å². The standard InChI is InChI=1S/C33H38Cl2N14O4/c34-24-28(38)46-26(36)22(44-24)30(52)48-32(40)42-12-4-1-2-6-20(50)18-10-8-17-15-19(11-9-16(17)14-18)21(51)7-3-5-13-43-33(41)49-31(53)23-27(37)47-29(39)25(35)45-23/h8-11,14-15H,1-7,12-13H2,(H4,36,38,46)(H4,37,39,47)(H3,40,42,48,52)(H3,41,43,49,53). The minimum Gasteiger partial charge on any atom is -0.382 e. The quantitative estimate of drug-likeness (QED) is 0.0373. The minimum atomic E-state index is -0.738. The molecule has 0 saturated heterocycles. The van der Waals surface area contributed by atoms with Crippen LogP contribution in [0.2, 0.25) is 10.3 Å². The number of nitrogens with one attached hydrogen (secondary N) is 2. The molecule has 2 aromatic heterocycles. The maximum absolute atomic E-state index is 12.9. The van der Waals surface area contributed by atoms with Gasteiger partial charge in [-0.2, -0.15) is 0 Å². The van der Waals surface area contributed by atoms with E-state index in [-0.39, 0.29) is 81.4 Å². The highest BCUT2D eigenvalue weighted by Gasteiger charge is 2.18. The highest BCUT2D eigenvalue weighted by Crippen LogP contribution is 2.22. The molecule has 0 aliphatic rings. The third-order valence-corrected chi connectivity index (χ3v) is 8.20. The number of unbranched alkanes of at least 4 members (excludes halogenated alkanes) is 3. The van der Waals surface area contributed by atoms with E-state index in [9.17, 15) is 19.2 Å². The molecular weight excluding hydrogens is 727 g/mol. The van der Waals surface area contributed by atoms with Crippen molar-refractivity contribution in [2.45, 2.75) is 44.9 Å². The molecule has 0 saturated carbocycles. The first-order valence-corrected chi connectivity index (χ1v) is 17.0. The lowest BCUT2D eigenvalue weighted by atomic mass is 9.98. The van der Waals surface area contributed by atoms with Crippen LogP contribution in [0.4, 0.5) is 23.3 Å². The molecular formula is C33H38Cl2N14O4. The van der Waals surface area contributed by atoms with Crippen LogP contribution < -0.4 is 45.0 Å². The van der Waals surface area contributed by atoms with Crippen molar-refractivity contribution < 1.29 is 19.2 Å². The number of hydrogen-bond acceptors (Lipinski definition) is 14. The fourth-order valence-corrected chi connectivity index (χ4v) is 5.15. The normalized spacial score (nSPS) is 11.7. The number of benzene rings is 2. The van der Waals surface area contributed by atoms with E-state index < -0.39 is 11.8 Å². The second-order valence-corrected chi connectivity index (χ2v) is 12.3. The van der Waals surface area contributed by atoms with Crippen LogP contribution in [0.3, 0.4) is 0 Å². The van der Waals surface area contributed by atoms with E-state index in [1.165, 1.54) is 0 Å². The second-order valence-electron chi connectivity index (χ2n) is 11.6. The second kappa shape index (κ2) is 18.4. The van der Waals surface area contributed by atoms with Gasteiger partial charge in [0.25, 0.3) is 11.8 Å². The molecule has 0 atom stereocenters. The third-order valence-electron chi connectivity index (χ3n) is 7.65. The summed E-state index contributed by atoms with van der Waals surface area (Å²) in [5.41, 5.74) is 34.6. The Morgan fingerprint density at radius 2 is 0.962 bits per heavy atom. The molecule has 2 aromatic carbocycles. The molecule has 4 aromatic rings. The lowest BCUT2D eigenvalue weighted by molar-refractivity contribution is 0.0964. The fourth-order valence-electron chi connectivity index (χ4n) is 4.90. The molecule has 14 N–H and O–H groups in total. The Morgan fingerprint density at radius 1 is 0.566 bits per heavy atom. The Balaban J connectivity index is 1.16. The van der Waals surface area contributed by atoms with Gasteiger partial charge < -0.3 is 34.4 Å². The van der Waals surface area contributed by atoms with E-state index in [4.69, 9.17) is 57.6 Å². The summed E-state index contributed by atoms with van der Waals surface area (Å²) in [6.45, 7) is 0.604. The van der Waals surface area contributed by atoms with E-state index in [0.29, 0.717) is 56.2 Å². The summed E-state index contributed by atoms with van der Waals surface area (Å²) in [5.74, 6) is -2.37. The number of nitrogens with two attached hydrogens (primary N) is 6. The van der Waals surface area contributed by atoms with Gasteiger partial charge in [-0.05, 0) is 48.6 Å². The summed E-state index contributed by atoms with van der Waals surface area (Å²) in [6.07, 6.45) is 3.71. The number of guanidine groups is 2. The molecule has 0 unspecified atom stereocenters. The van der Waals surface area contributed by atoms with Crippen molar-refractivity contribution in [2.24, 2.45) is 21.5 Å². The first kappa shape index (κ1) is 39.6. The molecule has 0 radical (unpaired) electrons. The van der Waals surface area contributed by atoms with E-state index in [1.54, 1.807) is 18.2 Å². The van der Waals surface area contributed by atoms with Gasteiger partial charge in [0, 0.05) is 37.1 Å². The molecule has 18 nitrogen and oxygen atoms in total. The minimum absolute atomic E-state index is 0.00138. The van der Waals surface area contributed by atoms with Crippen molar-refractivity contribution in [3.05, 3.63) is 69.2 Å². The smallest absolute Gasteiger partial charge is 0.280 e. The number of ketones is 2. The van der Waals surface area contributed by atoms with Crippen molar-refractivity contribution in [3.8, 4) is 0 Å². The number of nitrogens with zero attached hydrogens (tertiary/aromatic N) is 6. The number of aliphatic imine (C=N–C) groups is 2. The average Bonchev–Trinajstić information content (AvgIpc) is 3.11. The number of nitrogen functional groups attached to an aromatic ring is 4. The Morgan fingerprint density at radius 3 is 1.40 bits per heavy atom. The van der Waals surface area contributed by atoms with E-state index in [1.807, 2.05) is 18.2 Å². The van der Waals surface area contributed by atoms with Crippen LogP contribution in [0.25, 0.3) is 10.8 Å². The zero-order valence-corrected chi connectivity index (χ0v) is 29.9. The largest absolute Gasteiger partial charge is 0.382 e. The van der Waals surface area contributed by atoms with Crippen LogP contribution in [0.5, 0.6) is 0 Å². The van der Waals surface area contributed by atoms with Crippen molar-refractivity contribution >= 4 is 92.5 Å². The van der Waals surface area contributed by atoms with Gasteiger partial charge in [-0.25, -0.2) is 19.9 Å².